The van der Waals surface area contributed by atoms with E-state index in [2.05, 4.69) is 0 Å². The summed E-state index contributed by atoms with van der Waals surface area (Å²) in [4.78, 5) is 10.3. The lowest BCUT2D eigenvalue weighted by Gasteiger charge is -2.22. The average Bonchev–Trinajstić information content (AvgIpc) is 2.87. The summed E-state index contributed by atoms with van der Waals surface area (Å²) in [5.74, 6) is -1.74. The molecule has 0 bridgehead atoms. The van der Waals surface area contributed by atoms with Crippen LogP contribution in [0.3, 0.4) is 0 Å². The van der Waals surface area contributed by atoms with Gasteiger partial charge in [0.1, 0.15) is 6.29 Å². The fourth-order valence-corrected chi connectivity index (χ4v) is 2.51. The van der Waals surface area contributed by atoms with E-state index in [4.69, 9.17) is 4.74 Å². The van der Waals surface area contributed by atoms with Crippen LogP contribution in [0.4, 0.5) is 26.3 Å². The zero-order valence-corrected chi connectivity index (χ0v) is 12.7. The maximum Gasteiger partial charge on any atom is 0.392 e. The lowest BCUT2D eigenvalue weighted by atomic mass is 9.94. The van der Waals surface area contributed by atoms with E-state index in [-0.39, 0.29) is 18.1 Å². The number of rotatable bonds is 7. The first kappa shape index (κ1) is 20.0. The summed E-state index contributed by atoms with van der Waals surface area (Å²) < 4.78 is 80.7. The van der Waals surface area contributed by atoms with Gasteiger partial charge in [0.15, 0.2) is 0 Å². The number of hydrogen-bond acceptors (Lipinski definition) is 2. The van der Waals surface area contributed by atoms with Crippen LogP contribution in [0.15, 0.2) is 11.6 Å². The Labute approximate surface area is 130 Å². The van der Waals surface area contributed by atoms with E-state index in [1.54, 1.807) is 0 Å². The van der Waals surface area contributed by atoms with Crippen molar-refractivity contribution in [3.05, 3.63) is 11.6 Å². The zero-order valence-electron chi connectivity index (χ0n) is 12.7. The number of allylic oxidation sites excluding steroid dienone is 1. The normalized spacial score (nSPS) is 24.7. The van der Waals surface area contributed by atoms with Crippen LogP contribution >= 0.6 is 0 Å². The van der Waals surface area contributed by atoms with Crippen molar-refractivity contribution in [2.45, 2.75) is 70.0 Å². The van der Waals surface area contributed by atoms with Crippen molar-refractivity contribution in [1.29, 1.82) is 0 Å². The van der Waals surface area contributed by atoms with Crippen LogP contribution in [0, 0.1) is 5.92 Å². The Morgan fingerprint density at radius 1 is 1.22 bits per heavy atom. The van der Waals surface area contributed by atoms with E-state index in [0.717, 1.165) is 13.0 Å². The second-order valence-electron chi connectivity index (χ2n) is 5.81. The molecule has 0 N–H and O–H groups in total. The SMILES string of the molecule is CC(C/C(=C\CC(F)(F)F)[C@H]1CC[C@@H](CCC=O)O1)C(F)(F)F. The Balaban J connectivity index is 2.77. The molecule has 134 valence electrons. The van der Waals surface area contributed by atoms with Crippen LogP contribution in [0.1, 0.15) is 45.4 Å². The van der Waals surface area contributed by atoms with Gasteiger partial charge >= 0.3 is 12.4 Å². The molecule has 1 saturated heterocycles. The highest BCUT2D eigenvalue weighted by Gasteiger charge is 2.39. The van der Waals surface area contributed by atoms with Gasteiger partial charge < -0.3 is 9.53 Å². The van der Waals surface area contributed by atoms with Crippen molar-refractivity contribution in [1.82, 2.24) is 0 Å². The zero-order chi connectivity index (χ0) is 17.7. The predicted molar refractivity (Wildman–Crippen MR) is 71.8 cm³/mol. The molecule has 0 saturated carbocycles. The van der Waals surface area contributed by atoms with Gasteiger partial charge in [0.2, 0.25) is 0 Å². The molecular formula is C15H20F6O2. The third kappa shape index (κ3) is 7.37. The molecule has 0 radical (unpaired) electrons. The van der Waals surface area contributed by atoms with Crippen LogP contribution in [-0.2, 0) is 9.53 Å². The van der Waals surface area contributed by atoms with Crippen LogP contribution in [0.2, 0.25) is 0 Å². The van der Waals surface area contributed by atoms with Gasteiger partial charge in [-0.1, -0.05) is 13.0 Å². The van der Waals surface area contributed by atoms with E-state index in [1.165, 1.54) is 0 Å². The van der Waals surface area contributed by atoms with Crippen LogP contribution < -0.4 is 0 Å². The number of carbonyl (C=O) groups excluding carboxylic acids is 1. The number of halogens is 6. The summed E-state index contributed by atoms with van der Waals surface area (Å²) in [5, 5.41) is 0. The number of aldehydes is 1. The Morgan fingerprint density at radius 3 is 2.39 bits per heavy atom. The van der Waals surface area contributed by atoms with Crippen molar-refractivity contribution in [3.63, 3.8) is 0 Å². The van der Waals surface area contributed by atoms with Gasteiger partial charge in [-0.15, -0.1) is 0 Å². The molecule has 0 aliphatic carbocycles. The van der Waals surface area contributed by atoms with E-state index < -0.39 is 37.2 Å². The molecule has 0 aromatic rings. The first-order chi connectivity index (χ1) is 10.5. The van der Waals surface area contributed by atoms with Gasteiger partial charge in [-0.3, -0.25) is 0 Å². The summed E-state index contributed by atoms with van der Waals surface area (Å²) in [5.41, 5.74) is 0.0424. The van der Waals surface area contributed by atoms with Crippen molar-refractivity contribution in [2.24, 2.45) is 5.92 Å². The highest BCUT2D eigenvalue weighted by atomic mass is 19.4. The van der Waals surface area contributed by atoms with Gasteiger partial charge in [0.25, 0.3) is 0 Å². The second kappa shape index (κ2) is 8.17. The number of hydrogen-bond donors (Lipinski definition) is 0. The Bertz CT molecular complexity index is 413. The molecule has 8 heteroatoms. The third-order valence-corrected chi connectivity index (χ3v) is 3.82. The monoisotopic (exact) mass is 346 g/mol. The maximum absolute atomic E-state index is 12.7. The van der Waals surface area contributed by atoms with Crippen LogP contribution in [-0.4, -0.2) is 30.8 Å². The van der Waals surface area contributed by atoms with E-state index in [0.29, 0.717) is 25.5 Å². The molecule has 0 spiro atoms. The molecule has 3 atom stereocenters. The molecule has 0 amide bonds. The standard InChI is InChI=1S/C15H20F6O2/c1-10(15(19,20)21)9-11(6-7-14(16,17)18)13-5-4-12(23-13)3-2-8-22/h6,8,10,12-13H,2-5,7,9H2,1H3/b11-6+/t10?,12-,13-/m1/s1. The predicted octanol–water partition coefficient (Wildman–Crippen LogP) is 4.98. The first-order valence-corrected chi connectivity index (χ1v) is 7.44. The molecule has 23 heavy (non-hydrogen) atoms. The summed E-state index contributed by atoms with van der Waals surface area (Å²) in [6, 6.07) is 0. The van der Waals surface area contributed by atoms with Crippen molar-refractivity contribution in [2.75, 3.05) is 0 Å². The second-order valence-corrected chi connectivity index (χ2v) is 5.81. The van der Waals surface area contributed by atoms with Crippen LogP contribution in [0.5, 0.6) is 0 Å². The lowest BCUT2D eigenvalue weighted by molar-refractivity contribution is -0.169. The van der Waals surface area contributed by atoms with Gasteiger partial charge in [-0.2, -0.15) is 26.3 Å². The first-order valence-electron chi connectivity index (χ1n) is 7.44. The minimum Gasteiger partial charge on any atom is -0.371 e. The molecule has 1 unspecified atom stereocenters. The quantitative estimate of drug-likeness (QED) is 0.369. The van der Waals surface area contributed by atoms with Gasteiger partial charge in [-0.25, -0.2) is 0 Å². The summed E-state index contributed by atoms with van der Waals surface area (Å²) in [7, 11) is 0. The fourth-order valence-electron chi connectivity index (χ4n) is 2.51. The summed E-state index contributed by atoms with van der Waals surface area (Å²) >= 11 is 0. The third-order valence-electron chi connectivity index (χ3n) is 3.82. The molecular weight excluding hydrogens is 326 g/mol. The molecule has 2 nitrogen and oxygen atoms in total. The molecule has 1 aliphatic rings. The van der Waals surface area contributed by atoms with Crippen molar-refractivity contribution < 1.29 is 35.9 Å². The van der Waals surface area contributed by atoms with Gasteiger partial charge in [0, 0.05) is 6.42 Å². The average molecular weight is 346 g/mol. The number of carbonyl (C=O) groups is 1. The number of alkyl halides is 6. The summed E-state index contributed by atoms with van der Waals surface area (Å²) in [6.07, 6.45) is -8.62. The fraction of sp³-hybridized carbons (Fsp3) is 0.800. The van der Waals surface area contributed by atoms with E-state index in [1.807, 2.05) is 0 Å². The largest absolute Gasteiger partial charge is 0.392 e. The van der Waals surface area contributed by atoms with E-state index in [9.17, 15) is 31.1 Å². The molecule has 1 fully saturated rings. The molecule has 1 aliphatic heterocycles. The van der Waals surface area contributed by atoms with E-state index >= 15 is 0 Å². The smallest absolute Gasteiger partial charge is 0.371 e. The topological polar surface area (TPSA) is 26.3 Å². The van der Waals surface area contributed by atoms with Gasteiger partial charge in [0.05, 0.1) is 24.5 Å². The number of ether oxygens (including phenoxy) is 1. The van der Waals surface area contributed by atoms with Crippen molar-refractivity contribution in [3.8, 4) is 0 Å². The Kier molecular flexibility index (Phi) is 7.10. The molecule has 1 heterocycles. The minimum absolute atomic E-state index is 0.0424. The Morgan fingerprint density at radius 2 is 1.87 bits per heavy atom. The minimum atomic E-state index is -4.47. The molecule has 1 rings (SSSR count). The highest BCUT2D eigenvalue weighted by Crippen LogP contribution is 2.36. The molecule has 0 aromatic carbocycles. The van der Waals surface area contributed by atoms with Crippen molar-refractivity contribution >= 4 is 6.29 Å². The lowest BCUT2D eigenvalue weighted by Crippen LogP contribution is -2.24. The maximum atomic E-state index is 12.7. The Hall–Kier alpha value is -1.05. The molecule has 0 aromatic heterocycles. The van der Waals surface area contributed by atoms with Crippen LogP contribution in [0.25, 0.3) is 0 Å². The van der Waals surface area contributed by atoms with Gasteiger partial charge in [-0.05, 0) is 31.3 Å². The highest BCUT2D eigenvalue weighted by molar-refractivity contribution is 5.49. The summed E-state index contributed by atoms with van der Waals surface area (Å²) in [6.45, 7) is 0.945.